The quantitative estimate of drug-likeness (QED) is 0.572. The first-order valence-corrected chi connectivity index (χ1v) is 7.57. The van der Waals surface area contributed by atoms with E-state index in [0.29, 0.717) is 0 Å². The standard InChI is InChI=1S/C13H29NS/c1-5-7-8-9-14-10-13(4)15-11-12(3)6-2/h12-14H,5-11H2,1-4H3. The minimum Gasteiger partial charge on any atom is -0.316 e. The van der Waals surface area contributed by atoms with E-state index in [1.807, 2.05) is 0 Å². The molecule has 0 amide bonds. The van der Waals surface area contributed by atoms with Crippen molar-refractivity contribution in [3.05, 3.63) is 0 Å². The maximum atomic E-state index is 3.54. The van der Waals surface area contributed by atoms with Crippen LogP contribution in [0.3, 0.4) is 0 Å². The molecule has 0 saturated heterocycles. The Balaban J connectivity index is 3.21. The molecule has 0 aliphatic carbocycles. The van der Waals surface area contributed by atoms with E-state index in [2.05, 4.69) is 44.8 Å². The van der Waals surface area contributed by atoms with Gasteiger partial charge in [0.2, 0.25) is 0 Å². The second kappa shape index (κ2) is 10.8. The molecule has 15 heavy (non-hydrogen) atoms. The van der Waals surface area contributed by atoms with Gasteiger partial charge in [0.15, 0.2) is 0 Å². The first kappa shape index (κ1) is 15.3. The molecule has 0 heterocycles. The van der Waals surface area contributed by atoms with Gasteiger partial charge < -0.3 is 5.32 Å². The second-order valence-corrected chi connectivity index (χ2v) is 6.04. The summed E-state index contributed by atoms with van der Waals surface area (Å²) in [4.78, 5) is 0. The van der Waals surface area contributed by atoms with Gasteiger partial charge in [0.1, 0.15) is 0 Å². The molecule has 0 aromatic heterocycles. The van der Waals surface area contributed by atoms with Crippen LogP contribution in [0, 0.1) is 5.92 Å². The molecule has 0 saturated carbocycles. The van der Waals surface area contributed by atoms with Gasteiger partial charge in [0.25, 0.3) is 0 Å². The monoisotopic (exact) mass is 231 g/mol. The van der Waals surface area contributed by atoms with Crippen LogP contribution < -0.4 is 5.32 Å². The van der Waals surface area contributed by atoms with E-state index in [4.69, 9.17) is 0 Å². The van der Waals surface area contributed by atoms with Crippen LogP contribution in [0.2, 0.25) is 0 Å². The molecule has 0 bridgehead atoms. The van der Waals surface area contributed by atoms with E-state index in [-0.39, 0.29) is 0 Å². The van der Waals surface area contributed by atoms with Crippen LogP contribution in [0.15, 0.2) is 0 Å². The maximum absolute atomic E-state index is 3.54. The van der Waals surface area contributed by atoms with Crippen molar-refractivity contribution in [2.75, 3.05) is 18.8 Å². The normalized spacial score (nSPS) is 15.2. The second-order valence-electron chi connectivity index (χ2n) is 4.57. The smallest absolute Gasteiger partial charge is 0.0144 e. The molecule has 2 unspecified atom stereocenters. The highest BCUT2D eigenvalue weighted by Gasteiger charge is 2.04. The summed E-state index contributed by atoms with van der Waals surface area (Å²) < 4.78 is 0. The minimum atomic E-state index is 0.764. The van der Waals surface area contributed by atoms with Crippen LogP contribution in [0.5, 0.6) is 0 Å². The van der Waals surface area contributed by atoms with Crippen LogP contribution in [-0.2, 0) is 0 Å². The molecule has 1 N–H and O–H groups in total. The summed E-state index contributed by atoms with van der Waals surface area (Å²) in [6, 6.07) is 0. The van der Waals surface area contributed by atoms with Gasteiger partial charge in [-0.1, -0.05) is 47.0 Å². The van der Waals surface area contributed by atoms with Gasteiger partial charge in [0.05, 0.1) is 0 Å². The first-order valence-electron chi connectivity index (χ1n) is 6.53. The molecular formula is C13H29NS. The lowest BCUT2D eigenvalue weighted by atomic mass is 10.2. The predicted molar refractivity (Wildman–Crippen MR) is 73.8 cm³/mol. The highest BCUT2D eigenvalue weighted by molar-refractivity contribution is 7.99. The Bertz CT molecular complexity index is 128. The number of hydrogen-bond donors (Lipinski definition) is 1. The van der Waals surface area contributed by atoms with E-state index in [9.17, 15) is 0 Å². The average molecular weight is 231 g/mol. The Morgan fingerprint density at radius 2 is 1.87 bits per heavy atom. The first-order chi connectivity index (χ1) is 7.20. The predicted octanol–water partition coefficient (Wildman–Crippen LogP) is 3.93. The topological polar surface area (TPSA) is 12.0 Å². The largest absolute Gasteiger partial charge is 0.316 e. The van der Waals surface area contributed by atoms with Gasteiger partial charge in [-0.25, -0.2) is 0 Å². The third kappa shape index (κ3) is 10.6. The molecule has 0 aromatic rings. The molecule has 0 fully saturated rings. The van der Waals surface area contributed by atoms with Gasteiger partial charge in [0, 0.05) is 11.8 Å². The van der Waals surface area contributed by atoms with Crippen LogP contribution >= 0.6 is 11.8 Å². The Kier molecular flexibility index (Phi) is 11.0. The fourth-order valence-electron chi connectivity index (χ4n) is 1.31. The fourth-order valence-corrected chi connectivity index (χ4v) is 2.44. The third-order valence-corrected chi connectivity index (χ3v) is 4.25. The molecule has 0 rings (SSSR count). The van der Waals surface area contributed by atoms with Gasteiger partial charge in [-0.2, -0.15) is 11.8 Å². The van der Waals surface area contributed by atoms with Crippen molar-refractivity contribution in [1.82, 2.24) is 5.32 Å². The van der Waals surface area contributed by atoms with Crippen LogP contribution in [-0.4, -0.2) is 24.1 Å². The SMILES string of the molecule is CCCCCNCC(C)SCC(C)CC. The van der Waals surface area contributed by atoms with E-state index >= 15 is 0 Å². The Morgan fingerprint density at radius 3 is 2.47 bits per heavy atom. The summed E-state index contributed by atoms with van der Waals surface area (Å²) >= 11 is 2.11. The molecule has 2 heteroatoms. The fraction of sp³-hybridized carbons (Fsp3) is 1.00. The number of thioether (sulfide) groups is 1. The minimum absolute atomic E-state index is 0.764. The summed E-state index contributed by atoms with van der Waals surface area (Å²) in [5.74, 6) is 2.19. The highest BCUT2D eigenvalue weighted by Crippen LogP contribution is 2.15. The van der Waals surface area contributed by atoms with Gasteiger partial charge in [-0.3, -0.25) is 0 Å². The van der Waals surface area contributed by atoms with Crippen molar-refractivity contribution in [3.63, 3.8) is 0 Å². The maximum Gasteiger partial charge on any atom is 0.0144 e. The molecule has 0 spiro atoms. The summed E-state index contributed by atoms with van der Waals surface area (Å²) in [6.07, 6.45) is 5.32. The zero-order valence-electron chi connectivity index (χ0n) is 11.0. The molecule has 0 radical (unpaired) electrons. The van der Waals surface area contributed by atoms with Crippen molar-refractivity contribution in [2.24, 2.45) is 5.92 Å². The molecular weight excluding hydrogens is 202 g/mol. The van der Waals surface area contributed by atoms with Crippen molar-refractivity contribution in [1.29, 1.82) is 0 Å². The molecule has 2 atom stereocenters. The van der Waals surface area contributed by atoms with Crippen molar-refractivity contribution in [2.45, 2.75) is 58.6 Å². The molecule has 0 aliphatic rings. The van der Waals surface area contributed by atoms with E-state index in [0.717, 1.165) is 11.2 Å². The van der Waals surface area contributed by atoms with E-state index < -0.39 is 0 Å². The number of rotatable bonds is 10. The van der Waals surface area contributed by atoms with Gasteiger partial charge >= 0.3 is 0 Å². The number of hydrogen-bond acceptors (Lipinski definition) is 2. The molecule has 0 aromatic carbocycles. The number of unbranched alkanes of at least 4 members (excludes halogenated alkanes) is 2. The molecule has 92 valence electrons. The molecule has 0 aliphatic heterocycles. The van der Waals surface area contributed by atoms with E-state index in [1.165, 1.54) is 44.5 Å². The third-order valence-electron chi connectivity index (χ3n) is 2.75. The number of nitrogens with one attached hydrogen (secondary N) is 1. The lowest BCUT2D eigenvalue weighted by Gasteiger charge is -2.14. The summed E-state index contributed by atoms with van der Waals surface area (Å²) in [5, 5.41) is 4.31. The lowest BCUT2D eigenvalue weighted by molar-refractivity contribution is 0.611. The van der Waals surface area contributed by atoms with Gasteiger partial charge in [-0.05, 0) is 24.6 Å². The van der Waals surface area contributed by atoms with E-state index in [1.54, 1.807) is 0 Å². The zero-order chi connectivity index (χ0) is 11.5. The summed E-state index contributed by atoms with van der Waals surface area (Å²) in [7, 11) is 0. The highest BCUT2D eigenvalue weighted by atomic mass is 32.2. The lowest BCUT2D eigenvalue weighted by Crippen LogP contribution is -2.24. The Morgan fingerprint density at radius 1 is 1.13 bits per heavy atom. The Labute approximate surface area is 101 Å². The molecule has 1 nitrogen and oxygen atoms in total. The average Bonchev–Trinajstić information content (AvgIpc) is 2.25. The van der Waals surface area contributed by atoms with Crippen LogP contribution in [0.4, 0.5) is 0 Å². The van der Waals surface area contributed by atoms with Crippen molar-refractivity contribution >= 4 is 11.8 Å². The summed E-state index contributed by atoms with van der Waals surface area (Å²) in [6.45, 7) is 11.6. The zero-order valence-corrected chi connectivity index (χ0v) is 11.8. The van der Waals surface area contributed by atoms with Gasteiger partial charge in [-0.15, -0.1) is 0 Å². The Hall–Kier alpha value is 0.310. The van der Waals surface area contributed by atoms with Crippen LogP contribution in [0.1, 0.15) is 53.4 Å². The van der Waals surface area contributed by atoms with Crippen LogP contribution in [0.25, 0.3) is 0 Å². The van der Waals surface area contributed by atoms with Crippen molar-refractivity contribution < 1.29 is 0 Å². The summed E-state index contributed by atoms with van der Waals surface area (Å²) in [5.41, 5.74) is 0. The van der Waals surface area contributed by atoms with Crippen molar-refractivity contribution in [3.8, 4) is 0 Å².